The zero-order valence-corrected chi connectivity index (χ0v) is 53.0. The average Bonchev–Trinajstić information content (AvgIpc) is 0.816. The molecule has 0 bridgehead atoms. The minimum Gasteiger partial charge on any atom is -0.508 e. The highest BCUT2D eigenvalue weighted by Crippen LogP contribution is 2.35. The molecule has 0 atom stereocenters. The molecular weight excluding hydrogens is 1250 g/mol. The van der Waals surface area contributed by atoms with Crippen molar-refractivity contribution in [1.82, 2.24) is 0 Å². The lowest BCUT2D eigenvalue weighted by Gasteiger charge is -2.25. The van der Waals surface area contributed by atoms with E-state index in [9.17, 15) is 63.3 Å². The Morgan fingerprint density at radius 2 is 0.673 bits per heavy atom. The Bertz CT molecular complexity index is 4490. The Labute approximate surface area is 566 Å². The molecule has 0 radical (unpaired) electrons. The van der Waals surface area contributed by atoms with E-state index in [-0.39, 0.29) is 64.8 Å². The number of nitrogens with zero attached hydrogens (tertiary/aromatic N) is 4. The number of anilines is 8. The van der Waals surface area contributed by atoms with Crippen LogP contribution >= 0.6 is 0 Å². The third kappa shape index (κ3) is 18.3. The Morgan fingerprint density at radius 1 is 0.327 bits per heavy atom. The second-order valence-electron chi connectivity index (χ2n) is 22.3. The number of benzene rings is 12. The van der Waals surface area contributed by atoms with Crippen LogP contribution in [0.5, 0.6) is 40.2 Å². The van der Waals surface area contributed by atoms with Crippen LogP contribution in [0.1, 0.15) is 66.3 Å². The lowest BCUT2D eigenvalue weighted by atomic mass is 10.0. The molecule has 496 valence electrons. The Morgan fingerprint density at radius 3 is 1.06 bits per heavy atom. The van der Waals surface area contributed by atoms with E-state index in [4.69, 9.17) is 0 Å². The van der Waals surface area contributed by atoms with E-state index < -0.39 is 29.2 Å². The molecule has 0 unspecified atom stereocenters. The second-order valence-corrected chi connectivity index (χ2v) is 22.3. The summed E-state index contributed by atoms with van der Waals surface area (Å²) in [7, 11) is 0. The van der Waals surface area contributed by atoms with Gasteiger partial charge < -0.3 is 40.6 Å². The summed E-state index contributed by atoms with van der Waals surface area (Å²) < 4.78 is 40.7. The highest BCUT2D eigenvalue weighted by atomic mass is 19.1. The largest absolute Gasteiger partial charge is 0.508 e. The van der Waals surface area contributed by atoms with Crippen LogP contribution in [-0.4, -0.2) is 53.5 Å². The normalized spacial score (nSPS) is 10.4. The van der Waals surface area contributed by atoms with Crippen LogP contribution in [0.4, 0.5) is 58.7 Å². The van der Waals surface area contributed by atoms with Gasteiger partial charge in [-0.1, -0.05) is 73.7 Å². The molecule has 0 spiro atoms. The van der Waals surface area contributed by atoms with Gasteiger partial charge in [-0.3, -0.25) is 29.1 Å². The maximum absolute atomic E-state index is 13.9. The van der Waals surface area contributed by atoms with E-state index in [2.05, 4.69) is 36.1 Å². The standard InChI is InChI=1S/C21H19NO3.C20H16FNO3.C20H18FNO.C19H14FNO3.CH4/c1-14-4-3-5-20(15(14)2)21(25)22(16-6-10-18(23)11-7-16)17-8-12-19(24)13-9-17;1-13-2-3-14(12-19(13)21)20(25)22(15-4-8-17(23)9-5-15)16-6-10-18(24)11-7-16;1-15-2-4-16(5-3-15)14-22(18-8-6-17(21)7-9-18)19-10-12-20(23)13-11-19;20-17-12-13(6-11-18(17)23)19(24)21(14-4-2-1-3-5-14)15-7-9-16(22)10-8-15;/h3-13,23-24H,1-2H3;2-12,23-24H,1H3;2-13,23H,14H2,1H3;1-12,22-23H;1H4. The number of phenols is 7. The summed E-state index contributed by atoms with van der Waals surface area (Å²) in [4.78, 5) is 45.7. The molecule has 0 fully saturated rings. The van der Waals surface area contributed by atoms with E-state index in [0.717, 1.165) is 40.2 Å². The molecule has 14 nitrogen and oxygen atoms in total. The van der Waals surface area contributed by atoms with E-state index in [1.165, 1.54) is 76.0 Å². The Hall–Kier alpha value is -12.8. The summed E-state index contributed by atoms with van der Waals surface area (Å²) in [6.45, 7) is 8.24. The number of para-hydroxylation sites is 1. The van der Waals surface area contributed by atoms with E-state index in [1.54, 1.807) is 163 Å². The van der Waals surface area contributed by atoms with Crippen molar-refractivity contribution in [1.29, 1.82) is 0 Å². The summed E-state index contributed by atoms with van der Waals surface area (Å²) >= 11 is 0. The summed E-state index contributed by atoms with van der Waals surface area (Å²) in [6, 6.07) is 75.4. The number of carbonyl (C=O) groups excluding carboxylic acids is 3. The molecule has 12 aromatic rings. The number of hydrogen-bond acceptors (Lipinski definition) is 11. The molecule has 98 heavy (non-hydrogen) atoms. The number of phenolic OH excluding ortho intramolecular Hbond substituents is 7. The Balaban J connectivity index is 0.000000166. The molecule has 0 aliphatic carbocycles. The fraction of sp³-hybridized carbons (Fsp3) is 0.0741. The number of amides is 3. The summed E-state index contributed by atoms with van der Waals surface area (Å²) in [5, 5.41) is 66.3. The van der Waals surface area contributed by atoms with E-state index >= 15 is 0 Å². The van der Waals surface area contributed by atoms with Gasteiger partial charge in [0.25, 0.3) is 17.7 Å². The molecular formula is C81H71F3N4O10. The van der Waals surface area contributed by atoms with Crippen LogP contribution < -0.4 is 19.6 Å². The molecule has 0 saturated heterocycles. The predicted molar refractivity (Wildman–Crippen MR) is 380 cm³/mol. The minimum atomic E-state index is -0.862. The van der Waals surface area contributed by atoms with Crippen molar-refractivity contribution in [2.75, 3.05) is 19.6 Å². The van der Waals surface area contributed by atoms with Crippen LogP contribution in [-0.2, 0) is 6.54 Å². The number of rotatable bonds is 13. The molecule has 7 N–H and O–H groups in total. The van der Waals surface area contributed by atoms with Crippen molar-refractivity contribution < 1.29 is 63.3 Å². The lowest BCUT2D eigenvalue weighted by molar-refractivity contribution is 0.0990. The SMILES string of the molecule is C.Cc1ccc(C(=O)N(c2ccc(O)cc2)c2ccc(O)cc2)cc1F.Cc1ccc(CN(c2ccc(O)cc2)c2ccc(F)cc2)cc1.Cc1cccc(C(=O)N(c2ccc(O)cc2)c2ccc(O)cc2)c1C.O=C(c1ccc(O)c(F)c1)N(c1ccccc1)c1ccc(O)cc1. The van der Waals surface area contributed by atoms with Gasteiger partial charge in [-0.05, 0) is 268 Å². The van der Waals surface area contributed by atoms with Crippen LogP contribution in [0.3, 0.4) is 0 Å². The number of aromatic hydroxyl groups is 7. The maximum atomic E-state index is 13.9. The zero-order valence-electron chi connectivity index (χ0n) is 53.0. The molecule has 0 aliphatic heterocycles. The number of carbonyl (C=O) groups is 3. The van der Waals surface area contributed by atoms with Crippen LogP contribution in [0, 0.1) is 45.1 Å². The van der Waals surface area contributed by atoms with Gasteiger partial charge in [0.15, 0.2) is 11.6 Å². The minimum absolute atomic E-state index is 0. The second kappa shape index (κ2) is 32.9. The fourth-order valence-corrected chi connectivity index (χ4v) is 9.92. The molecule has 3 amide bonds. The first-order valence-corrected chi connectivity index (χ1v) is 30.3. The van der Waals surface area contributed by atoms with Crippen molar-refractivity contribution in [2.24, 2.45) is 0 Å². The predicted octanol–water partition coefficient (Wildman–Crippen LogP) is 19.2. The van der Waals surface area contributed by atoms with Crippen molar-refractivity contribution >= 4 is 63.2 Å². The van der Waals surface area contributed by atoms with Gasteiger partial charge >= 0.3 is 0 Å². The zero-order chi connectivity index (χ0) is 69.3. The highest BCUT2D eigenvalue weighted by Gasteiger charge is 2.25. The monoisotopic (exact) mass is 1320 g/mol. The first-order chi connectivity index (χ1) is 46.6. The molecule has 17 heteroatoms. The van der Waals surface area contributed by atoms with Crippen LogP contribution in [0.15, 0.2) is 279 Å². The molecule has 12 aromatic carbocycles. The first-order valence-electron chi connectivity index (χ1n) is 30.3. The lowest BCUT2D eigenvalue weighted by Crippen LogP contribution is -2.26. The van der Waals surface area contributed by atoms with Crippen LogP contribution in [0.2, 0.25) is 0 Å². The van der Waals surface area contributed by atoms with Gasteiger partial charge in [-0.2, -0.15) is 0 Å². The summed E-state index contributed by atoms with van der Waals surface area (Å²) in [6.07, 6.45) is 0. The number of halogens is 3. The smallest absolute Gasteiger partial charge is 0.263 e. The quantitative estimate of drug-likeness (QED) is 0.0578. The third-order valence-electron chi connectivity index (χ3n) is 15.4. The molecule has 0 aliphatic rings. The molecule has 12 rings (SSSR count). The Kier molecular flexibility index (Phi) is 23.9. The number of hydrogen-bond donors (Lipinski definition) is 7. The fourth-order valence-electron chi connectivity index (χ4n) is 9.92. The van der Waals surface area contributed by atoms with Gasteiger partial charge in [-0.25, -0.2) is 13.2 Å². The summed E-state index contributed by atoms with van der Waals surface area (Å²) in [5.41, 5.74) is 11.0. The van der Waals surface area contributed by atoms with Gasteiger partial charge in [0.1, 0.15) is 46.1 Å². The maximum Gasteiger partial charge on any atom is 0.263 e. The topological polar surface area (TPSA) is 206 Å². The highest BCUT2D eigenvalue weighted by molar-refractivity contribution is 6.13. The van der Waals surface area contributed by atoms with Crippen molar-refractivity contribution in [3.8, 4) is 40.2 Å². The van der Waals surface area contributed by atoms with Crippen molar-refractivity contribution in [2.45, 2.75) is 41.7 Å². The van der Waals surface area contributed by atoms with E-state index in [1.807, 2.05) is 44.2 Å². The van der Waals surface area contributed by atoms with Gasteiger partial charge in [0.05, 0.1) is 0 Å². The molecule has 0 aromatic heterocycles. The van der Waals surface area contributed by atoms with Gasteiger partial charge in [0.2, 0.25) is 0 Å². The average molecular weight is 1320 g/mol. The van der Waals surface area contributed by atoms with E-state index in [0.29, 0.717) is 51.8 Å². The first kappa shape index (κ1) is 71.1. The van der Waals surface area contributed by atoms with Crippen molar-refractivity contribution in [3.05, 3.63) is 341 Å². The van der Waals surface area contributed by atoms with Crippen LogP contribution in [0.25, 0.3) is 0 Å². The number of aryl methyl sites for hydroxylation is 3. The third-order valence-corrected chi connectivity index (χ3v) is 15.4. The molecule has 0 heterocycles. The van der Waals surface area contributed by atoms with Gasteiger partial charge in [0, 0.05) is 68.7 Å². The summed E-state index contributed by atoms with van der Waals surface area (Å²) in [5.74, 6) is -2.41. The molecule has 0 saturated carbocycles. The van der Waals surface area contributed by atoms with Gasteiger partial charge in [-0.15, -0.1) is 0 Å². The van der Waals surface area contributed by atoms with Crippen molar-refractivity contribution in [3.63, 3.8) is 0 Å².